The van der Waals surface area contributed by atoms with Gasteiger partial charge < -0.3 is 9.80 Å². The van der Waals surface area contributed by atoms with Crippen LogP contribution in [0.15, 0.2) is 30.3 Å². The normalized spacial score (nSPS) is 20.2. The van der Waals surface area contributed by atoms with E-state index in [4.69, 9.17) is 0 Å². The first-order valence-corrected chi connectivity index (χ1v) is 12.0. The lowest BCUT2D eigenvalue weighted by Crippen LogP contribution is -2.45. The number of rotatable bonds is 9. The summed E-state index contributed by atoms with van der Waals surface area (Å²) in [5.74, 6) is 1.14. The SMILES string of the molecule is C[C@H](SCc1ccccc1)C(=O)N(CCCN(C)C)[C@@H]1CCS(=O)(=O)C1. The molecule has 0 aromatic heterocycles. The number of sulfone groups is 1. The molecule has 1 saturated heterocycles. The van der Waals surface area contributed by atoms with E-state index in [-0.39, 0.29) is 28.7 Å². The van der Waals surface area contributed by atoms with E-state index in [1.165, 1.54) is 5.56 Å². The summed E-state index contributed by atoms with van der Waals surface area (Å²) < 4.78 is 23.8. The number of hydrogen-bond donors (Lipinski definition) is 0. The highest BCUT2D eigenvalue weighted by molar-refractivity contribution is 7.99. The molecular formula is C19H30N2O3S2. The van der Waals surface area contributed by atoms with E-state index in [0.717, 1.165) is 18.7 Å². The summed E-state index contributed by atoms with van der Waals surface area (Å²) in [5, 5.41) is -0.183. The molecule has 0 N–H and O–H groups in total. The first-order valence-electron chi connectivity index (χ1n) is 9.09. The Labute approximate surface area is 162 Å². The molecule has 2 atom stereocenters. The smallest absolute Gasteiger partial charge is 0.235 e. The van der Waals surface area contributed by atoms with Crippen LogP contribution in [-0.4, -0.2) is 74.1 Å². The van der Waals surface area contributed by atoms with Gasteiger partial charge in [-0.1, -0.05) is 30.3 Å². The Morgan fingerprint density at radius 3 is 2.50 bits per heavy atom. The molecule has 1 aromatic carbocycles. The maximum Gasteiger partial charge on any atom is 0.235 e. The van der Waals surface area contributed by atoms with E-state index < -0.39 is 9.84 Å². The number of amides is 1. The van der Waals surface area contributed by atoms with Gasteiger partial charge in [0.25, 0.3) is 0 Å². The molecule has 1 heterocycles. The first-order chi connectivity index (χ1) is 12.3. The Kier molecular flexibility index (Phi) is 7.98. The summed E-state index contributed by atoms with van der Waals surface area (Å²) in [6.45, 7) is 3.43. The summed E-state index contributed by atoms with van der Waals surface area (Å²) in [6, 6.07) is 9.92. The van der Waals surface area contributed by atoms with Crippen LogP contribution in [0.25, 0.3) is 0 Å². The molecule has 2 rings (SSSR count). The monoisotopic (exact) mass is 398 g/mol. The van der Waals surface area contributed by atoms with Crippen LogP contribution < -0.4 is 0 Å². The molecule has 0 saturated carbocycles. The average molecular weight is 399 g/mol. The summed E-state index contributed by atoms with van der Waals surface area (Å²) in [7, 11) is 1.00. The van der Waals surface area contributed by atoms with Crippen molar-refractivity contribution in [2.75, 3.05) is 38.7 Å². The fourth-order valence-electron chi connectivity index (χ4n) is 3.15. The lowest BCUT2D eigenvalue weighted by atomic mass is 10.2. The molecule has 0 radical (unpaired) electrons. The quantitative estimate of drug-likeness (QED) is 0.639. The molecule has 0 unspecified atom stereocenters. The highest BCUT2D eigenvalue weighted by Crippen LogP contribution is 2.24. The van der Waals surface area contributed by atoms with Gasteiger partial charge in [-0.05, 0) is 46.0 Å². The molecule has 1 fully saturated rings. The van der Waals surface area contributed by atoms with Gasteiger partial charge in [0.15, 0.2) is 9.84 Å². The van der Waals surface area contributed by atoms with Crippen molar-refractivity contribution in [1.29, 1.82) is 0 Å². The van der Waals surface area contributed by atoms with Crippen LogP contribution in [0.5, 0.6) is 0 Å². The Morgan fingerprint density at radius 1 is 1.23 bits per heavy atom. The molecule has 26 heavy (non-hydrogen) atoms. The molecule has 146 valence electrons. The number of thioether (sulfide) groups is 1. The third-order valence-corrected chi connectivity index (χ3v) is 7.58. The minimum Gasteiger partial charge on any atom is -0.338 e. The second kappa shape index (κ2) is 9.76. The van der Waals surface area contributed by atoms with E-state index in [1.807, 2.05) is 44.1 Å². The van der Waals surface area contributed by atoms with Crippen LogP contribution in [0.1, 0.15) is 25.3 Å². The number of carbonyl (C=O) groups is 1. The number of nitrogens with zero attached hydrogens (tertiary/aromatic N) is 2. The summed E-state index contributed by atoms with van der Waals surface area (Å²) in [6.07, 6.45) is 1.41. The van der Waals surface area contributed by atoms with E-state index in [0.29, 0.717) is 13.0 Å². The van der Waals surface area contributed by atoms with Crippen molar-refractivity contribution in [3.63, 3.8) is 0 Å². The zero-order valence-corrected chi connectivity index (χ0v) is 17.6. The number of benzene rings is 1. The fourth-order valence-corrected chi connectivity index (χ4v) is 5.80. The Bertz CT molecular complexity index is 677. The van der Waals surface area contributed by atoms with Crippen molar-refractivity contribution in [2.24, 2.45) is 0 Å². The van der Waals surface area contributed by atoms with Gasteiger partial charge in [0.1, 0.15) is 0 Å². The molecule has 5 nitrogen and oxygen atoms in total. The van der Waals surface area contributed by atoms with Crippen molar-refractivity contribution < 1.29 is 13.2 Å². The lowest BCUT2D eigenvalue weighted by molar-refractivity contribution is -0.132. The van der Waals surface area contributed by atoms with Crippen LogP contribution in [0.2, 0.25) is 0 Å². The average Bonchev–Trinajstić information content (AvgIpc) is 2.96. The van der Waals surface area contributed by atoms with Gasteiger partial charge in [-0.25, -0.2) is 8.42 Å². The molecule has 1 aliphatic rings. The van der Waals surface area contributed by atoms with Gasteiger partial charge >= 0.3 is 0 Å². The first kappa shape index (κ1) is 21.3. The van der Waals surface area contributed by atoms with Gasteiger partial charge in [0.2, 0.25) is 5.91 Å². The van der Waals surface area contributed by atoms with Crippen LogP contribution in [0, 0.1) is 0 Å². The molecule has 1 amide bonds. The van der Waals surface area contributed by atoms with Gasteiger partial charge in [0.05, 0.1) is 16.8 Å². The molecule has 0 aliphatic carbocycles. The van der Waals surface area contributed by atoms with Crippen LogP contribution in [-0.2, 0) is 20.4 Å². The van der Waals surface area contributed by atoms with E-state index >= 15 is 0 Å². The predicted octanol–water partition coefficient (Wildman–Crippen LogP) is 2.28. The van der Waals surface area contributed by atoms with E-state index in [1.54, 1.807) is 11.8 Å². The fraction of sp³-hybridized carbons (Fsp3) is 0.632. The third-order valence-electron chi connectivity index (χ3n) is 4.63. The van der Waals surface area contributed by atoms with Crippen molar-refractivity contribution in [3.05, 3.63) is 35.9 Å². The summed E-state index contributed by atoms with van der Waals surface area (Å²) in [4.78, 5) is 16.9. The van der Waals surface area contributed by atoms with Crippen molar-refractivity contribution >= 4 is 27.5 Å². The summed E-state index contributed by atoms with van der Waals surface area (Å²) >= 11 is 1.61. The maximum absolute atomic E-state index is 13.0. The predicted molar refractivity (Wildman–Crippen MR) is 109 cm³/mol. The van der Waals surface area contributed by atoms with Crippen LogP contribution >= 0.6 is 11.8 Å². The van der Waals surface area contributed by atoms with Crippen molar-refractivity contribution in [1.82, 2.24) is 9.80 Å². The Hall–Kier alpha value is -1.05. The Balaban J connectivity index is 1.98. The third kappa shape index (κ3) is 6.59. The van der Waals surface area contributed by atoms with E-state index in [9.17, 15) is 13.2 Å². The van der Waals surface area contributed by atoms with Gasteiger partial charge in [0, 0.05) is 18.3 Å². The minimum atomic E-state index is -3.01. The molecule has 0 spiro atoms. The van der Waals surface area contributed by atoms with Crippen molar-refractivity contribution in [3.8, 4) is 0 Å². The zero-order valence-electron chi connectivity index (χ0n) is 15.9. The number of carbonyl (C=O) groups excluding carboxylic acids is 1. The van der Waals surface area contributed by atoms with Gasteiger partial charge in [-0.3, -0.25) is 4.79 Å². The second-order valence-corrected chi connectivity index (χ2v) is 10.7. The highest BCUT2D eigenvalue weighted by Gasteiger charge is 2.35. The van der Waals surface area contributed by atoms with Gasteiger partial charge in [-0.15, -0.1) is 11.8 Å². The van der Waals surface area contributed by atoms with Gasteiger partial charge in [-0.2, -0.15) is 0 Å². The standard InChI is InChI=1S/C19H30N2O3S2/c1-16(25-14-17-8-5-4-6-9-17)19(22)21(12-7-11-20(2)3)18-10-13-26(23,24)15-18/h4-6,8-9,16,18H,7,10-15H2,1-3H3/t16-,18+/m0/s1. The topological polar surface area (TPSA) is 57.7 Å². The molecule has 1 aliphatic heterocycles. The van der Waals surface area contributed by atoms with Crippen molar-refractivity contribution in [2.45, 2.75) is 36.8 Å². The highest BCUT2D eigenvalue weighted by atomic mass is 32.2. The molecular weight excluding hydrogens is 368 g/mol. The largest absolute Gasteiger partial charge is 0.338 e. The van der Waals surface area contributed by atoms with Crippen LogP contribution in [0.4, 0.5) is 0 Å². The molecule has 7 heteroatoms. The molecule has 1 aromatic rings. The molecule has 0 bridgehead atoms. The second-order valence-electron chi connectivity index (χ2n) is 7.18. The van der Waals surface area contributed by atoms with Crippen LogP contribution in [0.3, 0.4) is 0 Å². The van der Waals surface area contributed by atoms with E-state index in [2.05, 4.69) is 17.0 Å². The minimum absolute atomic E-state index is 0.0618. The number of hydrogen-bond acceptors (Lipinski definition) is 5. The lowest BCUT2D eigenvalue weighted by Gasteiger charge is -2.31. The Morgan fingerprint density at radius 2 is 1.92 bits per heavy atom. The zero-order chi connectivity index (χ0) is 19.2. The maximum atomic E-state index is 13.0. The summed E-state index contributed by atoms with van der Waals surface area (Å²) in [5.41, 5.74) is 1.19.